The Bertz CT molecular complexity index is 696. The van der Waals surface area contributed by atoms with Gasteiger partial charge in [0.2, 0.25) is 0 Å². The Labute approximate surface area is 114 Å². The maximum Gasteiger partial charge on any atom is 0.322 e. The molecule has 3 amide bonds. The van der Waals surface area contributed by atoms with Gasteiger partial charge in [0, 0.05) is 13.1 Å². The molecule has 20 heavy (non-hydrogen) atoms. The van der Waals surface area contributed by atoms with E-state index >= 15 is 0 Å². The minimum atomic E-state index is -3.74. The monoisotopic (exact) mass is 299 g/mol. The molecule has 10 heteroatoms. The highest BCUT2D eigenvalue weighted by atomic mass is 32.2. The molecule has 2 saturated heterocycles. The number of nitrogens with one attached hydrogen (secondary N) is 3. The Hall–Kier alpha value is -1.94. The number of rotatable bonds is 2. The molecule has 3 heterocycles. The highest BCUT2D eigenvalue weighted by Crippen LogP contribution is 2.28. The fourth-order valence-electron chi connectivity index (χ4n) is 2.46. The third-order valence-corrected chi connectivity index (χ3v) is 5.30. The van der Waals surface area contributed by atoms with E-state index < -0.39 is 27.5 Å². The van der Waals surface area contributed by atoms with Gasteiger partial charge in [0.15, 0.2) is 5.03 Å². The lowest BCUT2D eigenvalue weighted by Gasteiger charge is -2.20. The lowest BCUT2D eigenvalue weighted by Crippen LogP contribution is -2.49. The number of hydrogen-bond donors (Lipinski definition) is 3. The maximum absolute atomic E-state index is 12.4. The number of carbonyl (C=O) groups excluding carboxylic acids is 2. The van der Waals surface area contributed by atoms with Crippen LogP contribution in [0.4, 0.5) is 4.79 Å². The van der Waals surface area contributed by atoms with E-state index in [9.17, 15) is 18.0 Å². The summed E-state index contributed by atoms with van der Waals surface area (Å²) in [4.78, 5) is 29.5. The van der Waals surface area contributed by atoms with Gasteiger partial charge in [-0.25, -0.2) is 18.2 Å². The molecule has 3 rings (SSSR count). The van der Waals surface area contributed by atoms with E-state index in [4.69, 9.17) is 0 Å². The molecule has 2 aliphatic rings. The summed E-state index contributed by atoms with van der Waals surface area (Å²) in [5, 5.41) is 4.62. The maximum atomic E-state index is 12.4. The lowest BCUT2D eigenvalue weighted by molar-refractivity contribution is -0.123. The highest BCUT2D eigenvalue weighted by Gasteiger charge is 2.53. The summed E-state index contributed by atoms with van der Waals surface area (Å²) in [5.41, 5.74) is -1.15. The number of imidazole rings is 1. The second-order valence-electron chi connectivity index (χ2n) is 4.91. The number of sulfonamides is 1. The van der Waals surface area contributed by atoms with Crippen LogP contribution < -0.4 is 10.6 Å². The second-order valence-corrected chi connectivity index (χ2v) is 6.82. The molecule has 1 atom stereocenters. The molecule has 0 aromatic carbocycles. The molecule has 1 aromatic rings. The Morgan fingerprint density at radius 2 is 2.15 bits per heavy atom. The van der Waals surface area contributed by atoms with E-state index in [0.29, 0.717) is 5.82 Å². The van der Waals surface area contributed by atoms with Crippen LogP contribution in [0.2, 0.25) is 0 Å². The fraction of sp³-hybridized carbons (Fsp3) is 0.500. The lowest BCUT2D eigenvalue weighted by atomic mass is 10.00. The van der Waals surface area contributed by atoms with Gasteiger partial charge in [-0.05, 0) is 13.3 Å². The number of aryl methyl sites for hydroxylation is 1. The van der Waals surface area contributed by atoms with Crippen LogP contribution in [0.15, 0.2) is 11.2 Å². The third-order valence-electron chi connectivity index (χ3n) is 3.55. The van der Waals surface area contributed by atoms with Gasteiger partial charge < -0.3 is 10.3 Å². The predicted octanol–water partition coefficient (Wildman–Crippen LogP) is -1.31. The number of H-pyrrole nitrogens is 1. The first-order valence-corrected chi connectivity index (χ1v) is 7.43. The van der Waals surface area contributed by atoms with E-state index in [1.54, 1.807) is 6.92 Å². The second kappa shape index (κ2) is 4.03. The molecule has 0 bridgehead atoms. The Balaban J connectivity index is 1.87. The molecule has 0 aliphatic carbocycles. The van der Waals surface area contributed by atoms with Crippen molar-refractivity contribution in [2.24, 2.45) is 0 Å². The number of imide groups is 1. The SMILES string of the molecule is Cc1ncc(S(=O)(=O)N2CCC3(C2)NC(=O)NC3=O)[nH]1. The quantitative estimate of drug-likeness (QED) is 0.585. The molecule has 1 aromatic heterocycles. The summed E-state index contributed by atoms with van der Waals surface area (Å²) in [7, 11) is -3.74. The van der Waals surface area contributed by atoms with Gasteiger partial charge >= 0.3 is 6.03 Å². The van der Waals surface area contributed by atoms with Crippen LogP contribution in [-0.2, 0) is 14.8 Å². The summed E-state index contributed by atoms with van der Waals surface area (Å²) < 4.78 is 25.9. The minimum Gasteiger partial charge on any atom is -0.332 e. The van der Waals surface area contributed by atoms with E-state index in [1.807, 2.05) is 0 Å². The van der Waals surface area contributed by atoms with Gasteiger partial charge in [-0.15, -0.1) is 0 Å². The van der Waals surface area contributed by atoms with Crippen LogP contribution in [0.3, 0.4) is 0 Å². The standard InChI is InChI=1S/C10H13N5O4S/c1-6-11-4-7(12-6)20(18,19)15-3-2-10(5-15)8(16)13-9(17)14-10/h4H,2-3,5H2,1H3,(H,11,12)(H2,13,14,16,17). The molecule has 0 radical (unpaired) electrons. The van der Waals surface area contributed by atoms with E-state index in [2.05, 4.69) is 20.6 Å². The van der Waals surface area contributed by atoms with Crippen LogP contribution in [0.5, 0.6) is 0 Å². The predicted molar refractivity (Wildman–Crippen MR) is 66.1 cm³/mol. The first kappa shape index (κ1) is 13.1. The van der Waals surface area contributed by atoms with Gasteiger partial charge in [-0.2, -0.15) is 4.31 Å². The van der Waals surface area contributed by atoms with Crippen LogP contribution in [-0.4, -0.2) is 53.3 Å². The number of carbonyl (C=O) groups is 2. The van der Waals surface area contributed by atoms with Crippen LogP contribution >= 0.6 is 0 Å². The molecular formula is C10H13N5O4S. The van der Waals surface area contributed by atoms with Crippen molar-refractivity contribution < 1.29 is 18.0 Å². The molecule has 2 fully saturated rings. The zero-order valence-electron chi connectivity index (χ0n) is 10.6. The molecule has 2 aliphatic heterocycles. The summed E-state index contributed by atoms with van der Waals surface area (Å²) in [6.45, 7) is 1.73. The largest absolute Gasteiger partial charge is 0.332 e. The topological polar surface area (TPSA) is 124 Å². The minimum absolute atomic E-state index is 0.0169. The van der Waals surface area contributed by atoms with Crippen molar-refractivity contribution in [3.63, 3.8) is 0 Å². The van der Waals surface area contributed by atoms with Crippen LogP contribution in [0.25, 0.3) is 0 Å². The first-order valence-electron chi connectivity index (χ1n) is 5.99. The van der Waals surface area contributed by atoms with E-state index in [1.165, 1.54) is 10.5 Å². The number of aromatic nitrogens is 2. The summed E-state index contributed by atoms with van der Waals surface area (Å²) in [5.74, 6) is 0.00499. The molecule has 1 unspecified atom stereocenters. The highest BCUT2D eigenvalue weighted by molar-refractivity contribution is 7.89. The van der Waals surface area contributed by atoms with Crippen molar-refractivity contribution >= 4 is 22.0 Å². The third kappa shape index (κ3) is 1.79. The summed E-state index contributed by atoms with van der Waals surface area (Å²) in [6.07, 6.45) is 1.49. The van der Waals surface area contributed by atoms with Gasteiger partial charge in [0.1, 0.15) is 11.4 Å². The molecule has 1 spiro atoms. The van der Waals surface area contributed by atoms with Crippen molar-refractivity contribution in [2.75, 3.05) is 13.1 Å². The Kier molecular flexibility index (Phi) is 2.63. The molecular weight excluding hydrogens is 286 g/mol. The summed E-state index contributed by atoms with van der Waals surface area (Å²) >= 11 is 0. The van der Waals surface area contributed by atoms with Crippen LogP contribution in [0, 0.1) is 6.92 Å². The van der Waals surface area contributed by atoms with Crippen molar-refractivity contribution in [2.45, 2.75) is 23.9 Å². The van der Waals surface area contributed by atoms with Crippen LogP contribution in [0.1, 0.15) is 12.2 Å². The smallest absolute Gasteiger partial charge is 0.322 e. The zero-order chi connectivity index (χ0) is 14.5. The summed E-state index contributed by atoms with van der Waals surface area (Å²) in [6, 6.07) is -0.591. The van der Waals surface area contributed by atoms with Crippen molar-refractivity contribution in [3.8, 4) is 0 Å². The Morgan fingerprint density at radius 3 is 2.70 bits per heavy atom. The number of nitrogens with zero attached hydrogens (tertiary/aromatic N) is 2. The molecule has 108 valence electrons. The number of hydrogen-bond acceptors (Lipinski definition) is 5. The normalized spacial score (nSPS) is 27.1. The van der Waals surface area contributed by atoms with Crippen molar-refractivity contribution in [3.05, 3.63) is 12.0 Å². The number of amides is 3. The molecule has 0 saturated carbocycles. The fourth-order valence-corrected chi connectivity index (χ4v) is 3.93. The average molecular weight is 299 g/mol. The average Bonchev–Trinajstić information content (AvgIpc) is 3.02. The van der Waals surface area contributed by atoms with Crippen molar-refractivity contribution in [1.29, 1.82) is 0 Å². The van der Waals surface area contributed by atoms with Gasteiger partial charge in [0.25, 0.3) is 15.9 Å². The number of aromatic amines is 1. The van der Waals surface area contributed by atoms with Crippen molar-refractivity contribution in [1.82, 2.24) is 24.9 Å². The van der Waals surface area contributed by atoms with E-state index in [-0.39, 0.29) is 24.5 Å². The zero-order valence-corrected chi connectivity index (χ0v) is 11.5. The van der Waals surface area contributed by atoms with Gasteiger partial charge in [-0.1, -0.05) is 0 Å². The molecule has 3 N–H and O–H groups in total. The van der Waals surface area contributed by atoms with Gasteiger partial charge in [-0.3, -0.25) is 10.1 Å². The molecule has 9 nitrogen and oxygen atoms in total. The van der Waals surface area contributed by atoms with E-state index in [0.717, 1.165) is 0 Å². The van der Waals surface area contributed by atoms with Gasteiger partial charge in [0.05, 0.1) is 6.20 Å². The number of urea groups is 1. The first-order chi connectivity index (χ1) is 9.33. The Morgan fingerprint density at radius 1 is 1.40 bits per heavy atom.